The summed E-state index contributed by atoms with van der Waals surface area (Å²) in [7, 11) is 0. The van der Waals surface area contributed by atoms with Crippen LogP contribution in [0.2, 0.25) is 0 Å². The van der Waals surface area contributed by atoms with E-state index in [1.807, 2.05) is 5.38 Å². The van der Waals surface area contributed by atoms with E-state index in [1.54, 1.807) is 17.6 Å². The molecule has 0 aliphatic heterocycles. The lowest BCUT2D eigenvalue weighted by molar-refractivity contribution is 0.546. The molecule has 0 saturated carbocycles. The molecule has 24 heavy (non-hydrogen) atoms. The number of aryl methyl sites for hydroxylation is 1. The van der Waals surface area contributed by atoms with Gasteiger partial charge in [-0.3, -0.25) is 4.79 Å². The van der Waals surface area contributed by atoms with Crippen molar-refractivity contribution in [3.8, 4) is 16.9 Å². The Balaban J connectivity index is 2.47. The molecule has 3 rings (SSSR count). The van der Waals surface area contributed by atoms with E-state index < -0.39 is 23.0 Å². The van der Waals surface area contributed by atoms with Gasteiger partial charge in [0.2, 0.25) is 0 Å². The molecular weight excluding hydrogens is 403 g/mol. The summed E-state index contributed by atoms with van der Waals surface area (Å²) in [4.78, 5) is 12.3. The highest BCUT2D eigenvalue weighted by molar-refractivity contribution is 9.11. The molecule has 0 unspecified atom stereocenters. The molecule has 0 bridgehead atoms. The van der Waals surface area contributed by atoms with Crippen molar-refractivity contribution in [2.24, 2.45) is 0 Å². The number of hydrogen-bond acceptors (Lipinski definition) is 2. The van der Waals surface area contributed by atoms with E-state index in [-0.39, 0.29) is 16.7 Å². The fourth-order valence-corrected chi connectivity index (χ4v) is 3.88. The molecule has 0 fully saturated rings. The molecule has 2 nitrogen and oxygen atoms in total. The van der Waals surface area contributed by atoms with E-state index in [9.17, 15) is 18.0 Å². The highest BCUT2D eigenvalue weighted by Gasteiger charge is 2.22. The van der Waals surface area contributed by atoms with Crippen molar-refractivity contribution in [1.29, 1.82) is 0 Å². The van der Waals surface area contributed by atoms with Crippen molar-refractivity contribution in [2.75, 3.05) is 0 Å². The molecule has 3 aromatic rings. The van der Waals surface area contributed by atoms with Crippen LogP contribution in [-0.2, 0) is 0 Å². The minimum atomic E-state index is -1.06. The maximum Gasteiger partial charge on any atom is 0.188 e. The van der Waals surface area contributed by atoms with Gasteiger partial charge in [-0.15, -0.1) is 11.3 Å². The van der Waals surface area contributed by atoms with Crippen LogP contribution >= 0.6 is 27.3 Å². The minimum absolute atomic E-state index is 0.0692. The number of halogens is 4. The fraction of sp³-hybridized carbons (Fsp3) is 0.118. The first-order valence-corrected chi connectivity index (χ1v) is 8.59. The van der Waals surface area contributed by atoms with Crippen molar-refractivity contribution in [2.45, 2.75) is 13.8 Å². The smallest absolute Gasteiger partial charge is 0.188 e. The molecule has 0 radical (unpaired) electrons. The van der Waals surface area contributed by atoms with Gasteiger partial charge >= 0.3 is 0 Å². The van der Waals surface area contributed by atoms with Gasteiger partial charge in [0, 0.05) is 29.5 Å². The molecule has 2 heterocycles. The predicted molar refractivity (Wildman–Crippen MR) is 92.4 cm³/mol. The lowest BCUT2D eigenvalue weighted by Gasteiger charge is -2.18. The van der Waals surface area contributed by atoms with Gasteiger partial charge in [-0.05, 0) is 41.2 Å². The topological polar surface area (TPSA) is 22.0 Å². The number of benzene rings is 1. The molecule has 0 aliphatic carbocycles. The summed E-state index contributed by atoms with van der Waals surface area (Å²) in [5, 5.41) is 1.81. The zero-order valence-electron chi connectivity index (χ0n) is 12.7. The zero-order chi connectivity index (χ0) is 17.6. The first-order valence-electron chi connectivity index (χ1n) is 6.92. The van der Waals surface area contributed by atoms with Crippen molar-refractivity contribution >= 4 is 27.3 Å². The van der Waals surface area contributed by atoms with Gasteiger partial charge in [0.25, 0.3) is 0 Å². The first-order chi connectivity index (χ1) is 11.3. The van der Waals surface area contributed by atoms with Gasteiger partial charge < -0.3 is 4.57 Å². The summed E-state index contributed by atoms with van der Waals surface area (Å²) in [5.41, 5.74) is 0.610. The van der Waals surface area contributed by atoms with Crippen LogP contribution in [0.5, 0.6) is 0 Å². The molecule has 0 N–H and O–H groups in total. The molecule has 0 amide bonds. The van der Waals surface area contributed by atoms with Crippen LogP contribution in [0.1, 0.15) is 11.1 Å². The van der Waals surface area contributed by atoms with Crippen molar-refractivity contribution in [1.82, 2.24) is 4.57 Å². The summed E-state index contributed by atoms with van der Waals surface area (Å²) in [6.45, 7) is 3.14. The standard InChI is InChI=1S/C17H11BrF3NOS/c1-8-7-22(13-3-4-24-17(13)18)15(9(2)16(8)23)14-11(20)5-10(19)6-12(14)21/h3-7H,1-2H3. The van der Waals surface area contributed by atoms with E-state index >= 15 is 0 Å². The number of thiophene rings is 1. The Morgan fingerprint density at radius 1 is 1.12 bits per heavy atom. The monoisotopic (exact) mass is 413 g/mol. The third-order valence-electron chi connectivity index (χ3n) is 3.72. The first kappa shape index (κ1) is 17.0. The highest BCUT2D eigenvalue weighted by Crippen LogP contribution is 2.34. The normalized spacial score (nSPS) is 11.1. The maximum atomic E-state index is 14.3. The largest absolute Gasteiger partial charge is 0.314 e. The van der Waals surface area contributed by atoms with E-state index in [4.69, 9.17) is 0 Å². The summed E-state index contributed by atoms with van der Waals surface area (Å²) in [6, 6.07) is 2.98. The number of aromatic nitrogens is 1. The molecule has 7 heteroatoms. The summed E-state index contributed by atoms with van der Waals surface area (Å²) in [5.74, 6) is -3.12. The summed E-state index contributed by atoms with van der Waals surface area (Å²) in [6.07, 6.45) is 1.53. The van der Waals surface area contributed by atoms with Crippen LogP contribution in [-0.4, -0.2) is 4.57 Å². The second-order valence-corrected chi connectivity index (χ2v) is 7.54. The molecular formula is C17H11BrF3NOS. The number of nitrogens with zero attached hydrogens (tertiary/aromatic N) is 1. The molecule has 0 atom stereocenters. The Kier molecular flexibility index (Phi) is 4.40. The minimum Gasteiger partial charge on any atom is -0.314 e. The second-order valence-electron chi connectivity index (χ2n) is 5.31. The van der Waals surface area contributed by atoms with E-state index in [2.05, 4.69) is 15.9 Å². The van der Waals surface area contributed by atoms with Crippen LogP contribution in [0.4, 0.5) is 13.2 Å². The maximum absolute atomic E-state index is 14.3. The van der Waals surface area contributed by atoms with Crippen LogP contribution < -0.4 is 5.43 Å². The molecule has 0 saturated heterocycles. The van der Waals surface area contributed by atoms with Crippen LogP contribution in [0, 0.1) is 31.3 Å². The second kappa shape index (κ2) is 6.22. The summed E-state index contributed by atoms with van der Waals surface area (Å²) < 4.78 is 44.2. The van der Waals surface area contributed by atoms with Crippen molar-refractivity contribution < 1.29 is 13.2 Å². The Morgan fingerprint density at radius 2 is 1.75 bits per heavy atom. The van der Waals surface area contributed by atoms with Gasteiger partial charge in [-0.2, -0.15) is 0 Å². The quantitative estimate of drug-likeness (QED) is 0.553. The van der Waals surface area contributed by atoms with Crippen LogP contribution in [0.15, 0.2) is 38.4 Å². The Morgan fingerprint density at radius 3 is 2.29 bits per heavy atom. The number of pyridine rings is 1. The van der Waals surface area contributed by atoms with E-state index in [1.165, 1.54) is 24.5 Å². The molecule has 1 aromatic carbocycles. The zero-order valence-corrected chi connectivity index (χ0v) is 15.1. The SMILES string of the molecule is Cc1cn(-c2ccsc2Br)c(-c2c(F)cc(F)cc2F)c(C)c1=O. The Hall–Kier alpha value is -1.86. The number of rotatable bonds is 2. The fourth-order valence-electron chi connectivity index (χ4n) is 2.63. The third-order valence-corrected chi connectivity index (χ3v) is 5.37. The van der Waals surface area contributed by atoms with Crippen LogP contribution in [0.25, 0.3) is 16.9 Å². The van der Waals surface area contributed by atoms with E-state index in [0.717, 1.165) is 3.79 Å². The van der Waals surface area contributed by atoms with Crippen LogP contribution in [0.3, 0.4) is 0 Å². The van der Waals surface area contributed by atoms with Gasteiger partial charge in [0.1, 0.15) is 17.5 Å². The molecule has 2 aromatic heterocycles. The predicted octanol–water partition coefficient (Wildman–Crippen LogP) is 5.36. The molecule has 124 valence electrons. The lowest BCUT2D eigenvalue weighted by atomic mass is 10.0. The Labute approximate surface area is 148 Å². The van der Waals surface area contributed by atoms with Crippen molar-refractivity contribution in [3.05, 3.63) is 72.4 Å². The summed E-state index contributed by atoms with van der Waals surface area (Å²) >= 11 is 4.80. The van der Waals surface area contributed by atoms with Gasteiger partial charge in [-0.25, -0.2) is 13.2 Å². The van der Waals surface area contributed by atoms with Gasteiger partial charge in [0.05, 0.1) is 20.7 Å². The molecule has 0 aliphatic rings. The lowest BCUT2D eigenvalue weighted by Crippen LogP contribution is -2.17. The highest BCUT2D eigenvalue weighted by atomic mass is 79.9. The molecule has 0 spiro atoms. The van der Waals surface area contributed by atoms with Gasteiger partial charge in [0.15, 0.2) is 5.43 Å². The number of hydrogen-bond donors (Lipinski definition) is 0. The van der Waals surface area contributed by atoms with Gasteiger partial charge in [-0.1, -0.05) is 0 Å². The third kappa shape index (κ3) is 2.71. The van der Waals surface area contributed by atoms with Crippen molar-refractivity contribution in [3.63, 3.8) is 0 Å². The Bertz CT molecular complexity index is 987. The average Bonchev–Trinajstić information content (AvgIpc) is 2.92. The van der Waals surface area contributed by atoms with E-state index in [0.29, 0.717) is 23.4 Å². The average molecular weight is 414 g/mol.